The topological polar surface area (TPSA) is 21.3 Å². The zero-order valence-electron chi connectivity index (χ0n) is 8.99. The number of ether oxygens (including phenoxy) is 1. The van der Waals surface area contributed by atoms with E-state index in [1.54, 1.807) is 7.11 Å². The molecule has 0 aromatic heterocycles. The Morgan fingerprint density at radius 3 is 2.57 bits per heavy atom. The van der Waals surface area contributed by atoms with Crippen LogP contribution in [-0.4, -0.2) is 27.3 Å². The molecule has 0 aliphatic heterocycles. The zero-order chi connectivity index (χ0) is 10.2. The fourth-order valence-corrected chi connectivity index (χ4v) is 1.62. The molecule has 0 saturated heterocycles. The molecule has 2 nitrogen and oxygen atoms in total. The Balaban J connectivity index is 2.58. The van der Waals surface area contributed by atoms with Gasteiger partial charge < -0.3 is 10.1 Å². The summed E-state index contributed by atoms with van der Waals surface area (Å²) in [5, 5.41) is 3.22. The van der Waals surface area contributed by atoms with Gasteiger partial charge in [0.15, 0.2) is 0 Å². The SMILES string of the molecule is CNCC(CCOC)c1ccccc1. The third-order valence-corrected chi connectivity index (χ3v) is 2.39. The molecule has 1 aromatic rings. The second kappa shape index (κ2) is 6.57. The molecule has 0 fully saturated rings. The van der Waals surface area contributed by atoms with E-state index in [1.165, 1.54) is 5.56 Å². The number of rotatable bonds is 6. The number of benzene rings is 1. The second-order valence-electron chi connectivity index (χ2n) is 3.45. The maximum atomic E-state index is 5.11. The molecule has 0 spiro atoms. The number of hydrogen-bond acceptors (Lipinski definition) is 2. The van der Waals surface area contributed by atoms with Gasteiger partial charge in [-0.2, -0.15) is 0 Å². The minimum Gasteiger partial charge on any atom is -0.385 e. The van der Waals surface area contributed by atoms with Crippen molar-refractivity contribution in [1.29, 1.82) is 0 Å². The molecule has 1 aromatic carbocycles. The largest absolute Gasteiger partial charge is 0.385 e. The highest BCUT2D eigenvalue weighted by Crippen LogP contribution is 2.18. The Morgan fingerprint density at radius 1 is 1.29 bits per heavy atom. The van der Waals surface area contributed by atoms with Crippen molar-refractivity contribution in [1.82, 2.24) is 5.32 Å². The summed E-state index contributed by atoms with van der Waals surface area (Å²) in [6.45, 7) is 1.83. The van der Waals surface area contributed by atoms with Crippen LogP contribution in [0.4, 0.5) is 0 Å². The Hall–Kier alpha value is -0.860. The van der Waals surface area contributed by atoms with Gasteiger partial charge in [0, 0.05) is 20.3 Å². The monoisotopic (exact) mass is 193 g/mol. The third kappa shape index (κ3) is 3.48. The van der Waals surface area contributed by atoms with Crippen LogP contribution in [0.15, 0.2) is 30.3 Å². The fourth-order valence-electron chi connectivity index (χ4n) is 1.62. The van der Waals surface area contributed by atoms with Gasteiger partial charge in [-0.05, 0) is 24.9 Å². The molecule has 1 unspecified atom stereocenters. The molecular weight excluding hydrogens is 174 g/mol. The van der Waals surface area contributed by atoms with E-state index in [2.05, 4.69) is 35.6 Å². The molecule has 1 N–H and O–H groups in total. The van der Waals surface area contributed by atoms with E-state index >= 15 is 0 Å². The first kappa shape index (κ1) is 11.2. The molecule has 0 aliphatic carbocycles. The third-order valence-electron chi connectivity index (χ3n) is 2.39. The lowest BCUT2D eigenvalue weighted by atomic mass is 9.96. The maximum Gasteiger partial charge on any atom is 0.0468 e. The lowest BCUT2D eigenvalue weighted by Crippen LogP contribution is -2.18. The molecule has 0 radical (unpaired) electrons. The van der Waals surface area contributed by atoms with Gasteiger partial charge in [0.1, 0.15) is 0 Å². The van der Waals surface area contributed by atoms with Crippen molar-refractivity contribution < 1.29 is 4.74 Å². The van der Waals surface area contributed by atoms with Gasteiger partial charge >= 0.3 is 0 Å². The van der Waals surface area contributed by atoms with Gasteiger partial charge in [-0.3, -0.25) is 0 Å². The van der Waals surface area contributed by atoms with Gasteiger partial charge in [-0.1, -0.05) is 30.3 Å². The first-order valence-electron chi connectivity index (χ1n) is 5.07. The lowest BCUT2D eigenvalue weighted by molar-refractivity contribution is 0.187. The van der Waals surface area contributed by atoms with Crippen LogP contribution >= 0.6 is 0 Å². The predicted octanol–water partition coefficient (Wildman–Crippen LogP) is 2.03. The van der Waals surface area contributed by atoms with Crippen LogP contribution in [-0.2, 0) is 4.74 Å². The molecule has 14 heavy (non-hydrogen) atoms. The summed E-state index contributed by atoms with van der Waals surface area (Å²) in [4.78, 5) is 0. The highest BCUT2D eigenvalue weighted by atomic mass is 16.5. The normalized spacial score (nSPS) is 12.7. The smallest absolute Gasteiger partial charge is 0.0468 e. The summed E-state index contributed by atoms with van der Waals surface area (Å²) in [7, 11) is 3.74. The number of likely N-dealkylation sites (N-methyl/N-ethyl adjacent to an activating group) is 1. The molecule has 0 amide bonds. The summed E-state index contributed by atoms with van der Waals surface area (Å²) in [5.41, 5.74) is 1.39. The highest BCUT2D eigenvalue weighted by molar-refractivity contribution is 5.19. The molecule has 0 heterocycles. The number of nitrogens with one attached hydrogen (secondary N) is 1. The van der Waals surface area contributed by atoms with Crippen molar-refractivity contribution in [3.8, 4) is 0 Å². The van der Waals surface area contributed by atoms with E-state index < -0.39 is 0 Å². The van der Waals surface area contributed by atoms with Crippen molar-refractivity contribution in [2.75, 3.05) is 27.3 Å². The lowest BCUT2D eigenvalue weighted by Gasteiger charge is -2.16. The minimum atomic E-state index is 0.557. The Kier molecular flexibility index (Phi) is 5.27. The molecule has 1 atom stereocenters. The number of methoxy groups -OCH3 is 1. The van der Waals surface area contributed by atoms with Crippen LogP contribution in [0.5, 0.6) is 0 Å². The summed E-state index contributed by atoms with van der Waals surface area (Å²) in [6.07, 6.45) is 1.07. The van der Waals surface area contributed by atoms with Crippen LogP contribution < -0.4 is 5.32 Å². The first-order valence-corrected chi connectivity index (χ1v) is 5.07. The van der Waals surface area contributed by atoms with E-state index in [0.29, 0.717) is 5.92 Å². The average molecular weight is 193 g/mol. The van der Waals surface area contributed by atoms with Crippen LogP contribution in [0, 0.1) is 0 Å². The van der Waals surface area contributed by atoms with Crippen molar-refractivity contribution in [2.24, 2.45) is 0 Å². The van der Waals surface area contributed by atoms with Crippen LogP contribution in [0.25, 0.3) is 0 Å². The van der Waals surface area contributed by atoms with Crippen LogP contribution in [0.2, 0.25) is 0 Å². The summed E-state index contributed by atoms with van der Waals surface area (Å²) >= 11 is 0. The van der Waals surface area contributed by atoms with Gasteiger partial charge in [0.25, 0.3) is 0 Å². The molecule has 1 rings (SSSR count). The Bertz CT molecular complexity index is 235. The van der Waals surface area contributed by atoms with Crippen molar-refractivity contribution >= 4 is 0 Å². The second-order valence-corrected chi connectivity index (χ2v) is 3.45. The molecule has 78 valence electrons. The summed E-state index contributed by atoms with van der Waals surface area (Å²) in [6, 6.07) is 10.6. The van der Waals surface area contributed by atoms with Crippen LogP contribution in [0.3, 0.4) is 0 Å². The van der Waals surface area contributed by atoms with Gasteiger partial charge in [0.2, 0.25) is 0 Å². The minimum absolute atomic E-state index is 0.557. The predicted molar refractivity (Wildman–Crippen MR) is 59.6 cm³/mol. The van der Waals surface area contributed by atoms with E-state index in [4.69, 9.17) is 4.74 Å². The van der Waals surface area contributed by atoms with Crippen LogP contribution in [0.1, 0.15) is 17.9 Å². The molecular formula is C12H19NO. The fraction of sp³-hybridized carbons (Fsp3) is 0.500. The Labute approximate surface area is 86.3 Å². The quantitative estimate of drug-likeness (QED) is 0.746. The first-order chi connectivity index (χ1) is 6.88. The Morgan fingerprint density at radius 2 is 2.00 bits per heavy atom. The molecule has 2 heteroatoms. The van der Waals surface area contributed by atoms with Crippen molar-refractivity contribution in [3.63, 3.8) is 0 Å². The van der Waals surface area contributed by atoms with E-state index in [9.17, 15) is 0 Å². The molecule has 0 bridgehead atoms. The van der Waals surface area contributed by atoms with E-state index in [1.807, 2.05) is 7.05 Å². The maximum absolute atomic E-state index is 5.11. The summed E-state index contributed by atoms with van der Waals surface area (Å²) < 4.78 is 5.11. The summed E-state index contributed by atoms with van der Waals surface area (Å²) in [5.74, 6) is 0.557. The number of hydrogen-bond donors (Lipinski definition) is 1. The van der Waals surface area contributed by atoms with Gasteiger partial charge in [-0.25, -0.2) is 0 Å². The van der Waals surface area contributed by atoms with Gasteiger partial charge in [0.05, 0.1) is 0 Å². The average Bonchev–Trinajstić information content (AvgIpc) is 2.25. The van der Waals surface area contributed by atoms with E-state index in [-0.39, 0.29) is 0 Å². The van der Waals surface area contributed by atoms with Gasteiger partial charge in [-0.15, -0.1) is 0 Å². The van der Waals surface area contributed by atoms with E-state index in [0.717, 1.165) is 19.6 Å². The van der Waals surface area contributed by atoms with Crippen molar-refractivity contribution in [2.45, 2.75) is 12.3 Å². The zero-order valence-corrected chi connectivity index (χ0v) is 8.99. The molecule has 0 aliphatic rings. The standard InChI is InChI=1S/C12H19NO/c1-13-10-12(8-9-14-2)11-6-4-3-5-7-11/h3-7,12-13H,8-10H2,1-2H3. The van der Waals surface area contributed by atoms with Crippen molar-refractivity contribution in [3.05, 3.63) is 35.9 Å². The molecule has 0 saturated carbocycles. The highest BCUT2D eigenvalue weighted by Gasteiger charge is 2.09.